The van der Waals surface area contributed by atoms with E-state index in [0.29, 0.717) is 5.70 Å². The first-order chi connectivity index (χ1) is 9.06. The summed E-state index contributed by atoms with van der Waals surface area (Å²) in [6.45, 7) is 3.94. The maximum Gasteiger partial charge on any atom is 0.263 e. The van der Waals surface area contributed by atoms with Crippen LogP contribution in [0, 0.1) is 0 Å². The fourth-order valence-electron chi connectivity index (χ4n) is 1.71. The molecule has 0 aliphatic carbocycles. The number of hydrogen-bond donors (Lipinski definition) is 1. The van der Waals surface area contributed by atoms with Crippen LogP contribution in [0.5, 0.6) is 0 Å². The molecule has 0 atom stereocenters. The molecule has 1 N–H and O–H groups in total. The molecule has 0 aliphatic rings. The van der Waals surface area contributed by atoms with Crippen molar-refractivity contribution in [2.75, 3.05) is 0 Å². The van der Waals surface area contributed by atoms with Crippen LogP contribution in [-0.2, 0) is 10.0 Å². The van der Waals surface area contributed by atoms with Crippen molar-refractivity contribution in [3.8, 4) is 0 Å². The summed E-state index contributed by atoms with van der Waals surface area (Å²) in [6, 6.07) is 3.14. The molecule has 1 aromatic rings. The van der Waals surface area contributed by atoms with Crippen molar-refractivity contribution in [2.24, 2.45) is 0 Å². The number of hydrogen-bond acceptors (Lipinski definition) is 3. The van der Waals surface area contributed by atoms with Crippen LogP contribution in [0.15, 0.2) is 41.2 Å². The lowest BCUT2D eigenvalue weighted by atomic mass is 10.1. The average molecular weight is 282 g/mol. The number of sulfonamides is 1. The van der Waals surface area contributed by atoms with Crippen molar-refractivity contribution in [3.63, 3.8) is 0 Å². The molecule has 1 heterocycles. The van der Waals surface area contributed by atoms with Crippen LogP contribution in [0.25, 0.3) is 0 Å². The van der Waals surface area contributed by atoms with E-state index in [1.807, 2.05) is 6.08 Å². The minimum absolute atomic E-state index is 0.189. The molecule has 0 amide bonds. The number of nitrogens with one attached hydrogen (secondary N) is 1. The van der Waals surface area contributed by atoms with Crippen LogP contribution in [0.2, 0.25) is 0 Å². The molecule has 0 fully saturated rings. The van der Waals surface area contributed by atoms with Gasteiger partial charge in [0.15, 0.2) is 0 Å². The number of unbranched alkanes of at least 4 members (excludes halogenated alkanes) is 4. The molecule has 5 heteroatoms. The summed E-state index contributed by atoms with van der Waals surface area (Å²) in [4.78, 5) is 4.00. The van der Waals surface area contributed by atoms with E-state index in [0.717, 1.165) is 12.8 Å². The van der Waals surface area contributed by atoms with E-state index in [9.17, 15) is 8.42 Å². The molecular weight excluding hydrogens is 260 g/mol. The van der Waals surface area contributed by atoms with Crippen molar-refractivity contribution in [1.82, 2.24) is 9.71 Å². The standard InChI is InChI=1S/C14H22N2O2S/c1-3-4-5-6-7-9-13(2)16-19(17,18)14-10-8-11-15-12-14/h8-12,16H,3-7H2,1-2H3. The third kappa shape index (κ3) is 5.87. The Morgan fingerprint density at radius 3 is 2.79 bits per heavy atom. The first kappa shape index (κ1) is 15.7. The minimum Gasteiger partial charge on any atom is -0.284 e. The highest BCUT2D eigenvalue weighted by Gasteiger charge is 2.13. The van der Waals surface area contributed by atoms with Crippen molar-refractivity contribution in [1.29, 1.82) is 0 Å². The molecule has 0 saturated heterocycles. The SMILES string of the molecule is CCCCCCC=C(C)NS(=O)(=O)c1cccnc1. The van der Waals surface area contributed by atoms with Gasteiger partial charge in [-0.1, -0.05) is 32.3 Å². The smallest absolute Gasteiger partial charge is 0.263 e. The molecule has 0 saturated carbocycles. The fourth-order valence-corrected chi connectivity index (χ4v) is 2.79. The molecule has 0 unspecified atom stereocenters. The van der Waals surface area contributed by atoms with Crippen molar-refractivity contribution >= 4 is 10.0 Å². The Labute approximate surface area is 116 Å². The molecule has 1 aromatic heterocycles. The monoisotopic (exact) mass is 282 g/mol. The molecule has 1 rings (SSSR count). The van der Waals surface area contributed by atoms with Gasteiger partial charge in [0.2, 0.25) is 0 Å². The molecular formula is C14H22N2O2S. The van der Waals surface area contributed by atoms with Gasteiger partial charge in [0.25, 0.3) is 10.0 Å². The molecule has 0 spiro atoms. The lowest BCUT2D eigenvalue weighted by molar-refractivity contribution is 0.588. The lowest BCUT2D eigenvalue weighted by Gasteiger charge is -2.07. The van der Waals surface area contributed by atoms with Crippen molar-refractivity contribution in [2.45, 2.75) is 50.8 Å². The van der Waals surface area contributed by atoms with Gasteiger partial charge >= 0.3 is 0 Å². The number of allylic oxidation sites excluding steroid dienone is 2. The summed E-state index contributed by atoms with van der Waals surface area (Å²) < 4.78 is 26.5. The molecule has 0 aromatic carbocycles. The summed E-state index contributed by atoms with van der Waals surface area (Å²) >= 11 is 0. The quantitative estimate of drug-likeness (QED) is 0.745. The van der Waals surface area contributed by atoms with Crippen molar-refractivity contribution < 1.29 is 8.42 Å². The Kier molecular flexibility index (Phi) is 6.56. The zero-order chi connectivity index (χ0) is 14.1. The summed E-state index contributed by atoms with van der Waals surface area (Å²) in [5, 5.41) is 0. The van der Waals surface area contributed by atoms with Gasteiger partial charge in [-0.2, -0.15) is 0 Å². The van der Waals surface area contributed by atoms with E-state index in [4.69, 9.17) is 0 Å². The highest BCUT2D eigenvalue weighted by Crippen LogP contribution is 2.09. The Bertz CT molecular complexity index is 495. The zero-order valence-electron chi connectivity index (χ0n) is 11.6. The van der Waals surface area contributed by atoms with Gasteiger partial charge in [-0.25, -0.2) is 8.42 Å². The summed E-state index contributed by atoms with van der Waals surface area (Å²) in [6.07, 6.45) is 10.5. The van der Waals surface area contributed by atoms with Crippen LogP contribution in [0.3, 0.4) is 0 Å². The van der Waals surface area contributed by atoms with Crippen LogP contribution < -0.4 is 4.72 Å². The maximum atomic E-state index is 12.0. The lowest BCUT2D eigenvalue weighted by Crippen LogP contribution is -2.21. The number of nitrogens with zero attached hydrogens (tertiary/aromatic N) is 1. The molecule has 19 heavy (non-hydrogen) atoms. The molecule has 4 nitrogen and oxygen atoms in total. The Hall–Kier alpha value is -1.36. The second-order valence-corrected chi connectivity index (χ2v) is 6.21. The van der Waals surface area contributed by atoms with Gasteiger partial charge in [-0.3, -0.25) is 9.71 Å². The van der Waals surface area contributed by atoms with Gasteiger partial charge in [-0.05, 0) is 31.9 Å². The van der Waals surface area contributed by atoms with Gasteiger partial charge in [0.05, 0.1) is 0 Å². The highest BCUT2D eigenvalue weighted by atomic mass is 32.2. The molecule has 0 aliphatic heterocycles. The Morgan fingerprint density at radius 2 is 2.16 bits per heavy atom. The van der Waals surface area contributed by atoms with Crippen LogP contribution in [0.1, 0.15) is 46.0 Å². The van der Waals surface area contributed by atoms with E-state index in [1.165, 1.54) is 31.5 Å². The minimum atomic E-state index is -3.49. The van der Waals surface area contributed by atoms with E-state index >= 15 is 0 Å². The van der Waals surface area contributed by atoms with Gasteiger partial charge in [-0.15, -0.1) is 0 Å². The molecule has 0 radical (unpaired) electrons. The van der Waals surface area contributed by atoms with E-state index < -0.39 is 10.0 Å². The molecule has 106 valence electrons. The highest BCUT2D eigenvalue weighted by molar-refractivity contribution is 7.89. The largest absolute Gasteiger partial charge is 0.284 e. The third-order valence-electron chi connectivity index (χ3n) is 2.75. The van der Waals surface area contributed by atoms with Gasteiger partial charge in [0.1, 0.15) is 4.90 Å². The van der Waals surface area contributed by atoms with Gasteiger partial charge in [0, 0.05) is 18.1 Å². The van der Waals surface area contributed by atoms with Crippen LogP contribution in [-0.4, -0.2) is 13.4 Å². The predicted octanol–water partition coefficient (Wildman–Crippen LogP) is 3.23. The zero-order valence-corrected chi connectivity index (χ0v) is 12.4. The normalized spacial score (nSPS) is 12.4. The molecule has 0 bridgehead atoms. The second kappa shape index (κ2) is 7.94. The maximum absolute atomic E-state index is 12.0. The third-order valence-corrected chi connectivity index (χ3v) is 4.20. The number of aromatic nitrogens is 1. The second-order valence-electron chi connectivity index (χ2n) is 4.53. The number of pyridine rings is 1. The topological polar surface area (TPSA) is 59.1 Å². The van der Waals surface area contributed by atoms with E-state index in [-0.39, 0.29) is 4.90 Å². The fraction of sp³-hybridized carbons (Fsp3) is 0.500. The van der Waals surface area contributed by atoms with Gasteiger partial charge < -0.3 is 0 Å². The number of rotatable bonds is 8. The summed E-state index contributed by atoms with van der Waals surface area (Å²) in [5.74, 6) is 0. The predicted molar refractivity (Wildman–Crippen MR) is 77.1 cm³/mol. The summed E-state index contributed by atoms with van der Waals surface area (Å²) in [7, 11) is -3.49. The van der Waals surface area contributed by atoms with Crippen LogP contribution in [0.4, 0.5) is 0 Å². The average Bonchev–Trinajstić information content (AvgIpc) is 2.39. The van der Waals surface area contributed by atoms with Crippen molar-refractivity contribution in [3.05, 3.63) is 36.3 Å². The van der Waals surface area contributed by atoms with E-state index in [2.05, 4.69) is 16.6 Å². The Morgan fingerprint density at radius 1 is 1.37 bits per heavy atom. The first-order valence-electron chi connectivity index (χ1n) is 6.66. The summed E-state index contributed by atoms with van der Waals surface area (Å²) in [5.41, 5.74) is 0.667. The van der Waals surface area contributed by atoms with Crippen LogP contribution >= 0.6 is 0 Å². The Balaban J connectivity index is 2.51. The van der Waals surface area contributed by atoms with E-state index in [1.54, 1.807) is 19.2 Å². The first-order valence-corrected chi connectivity index (χ1v) is 8.14.